The van der Waals surface area contributed by atoms with Crippen LogP contribution in [0.15, 0.2) is 29.1 Å². The number of benzene rings is 1. The summed E-state index contributed by atoms with van der Waals surface area (Å²) in [5.74, 6) is -0.678. The van der Waals surface area contributed by atoms with E-state index in [-0.39, 0.29) is 12.0 Å². The smallest absolute Gasteiger partial charge is 0.306 e. The maximum absolute atomic E-state index is 11.9. The van der Waals surface area contributed by atoms with Crippen molar-refractivity contribution < 1.29 is 14.3 Å². The van der Waals surface area contributed by atoms with E-state index >= 15 is 0 Å². The van der Waals surface area contributed by atoms with Crippen LogP contribution < -0.4 is 11.3 Å². The minimum atomic E-state index is -0.939. The van der Waals surface area contributed by atoms with Gasteiger partial charge < -0.3 is 15.5 Å². The number of ether oxygens (including phenoxy) is 1. The van der Waals surface area contributed by atoms with Crippen LogP contribution in [0.25, 0.3) is 10.9 Å². The molecule has 0 bridgehead atoms. The molecule has 1 atom stereocenters. The Morgan fingerprint density at radius 2 is 2.09 bits per heavy atom. The number of hydrogen-bond acceptors (Lipinski definition) is 5. The first kappa shape index (κ1) is 15.7. The van der Waals surface area contributed by atoms with Crippen LogP contribution in [0.5, 0.6) is 0 Å². The molecule has 1 aromatic heterocycles. The fraction of sp³-hybridized carbons (Fsp3) is 0.333. The number of esters is 1. The number of nitrogens with one attached hydrogen (secondary N) is 1. The van der Waals surface area contributed by atoms with Crippen molar-refractivity contribution >= 4 is 22.8 Å². The van der Waals surface area contributed by atoms with Gasteiger partial charge in [-0.1, -0.05) is 12.1 Å². The minimum Gasteiger partial charge on any atom is -0.453 e. The van der Waals surface area contributed by atoms with Crippen molar-refractivity contribution in [1.29, 1.82) is 0 Å². The van der Waals surface area contributed by atoms with Gasteiger partial charge in [-0.15, -0.1) is 0 Å². The summed E-state index contributed by atoms with van der Waals surface area (Å²) in [7, 11) is 0. The predicted octanol–water partition coefficient (Wildman–Crippen LogP) is 0.663. The number of aryl methyl sites for hydroxylation is 1. The summed E-state index contributed by atoms with van der Waals surface area (Å²) in [5.41, 5.74) is 5.42. The van der Waals surface area contributed by atoms with E-state index < -0.39 is 18.0 Å². The maximum atomic E-state index is 11.9. The third kappa shape index (κ3) is 3.91. The topological polar surface area (TPSA) is 115 Å². The lowest BCUT2D eigenvalue weighted by atomic mass is 10.2. The van der Waals surface area contributed by atoms with E-state index in [0.29, 0.717) is 29.6 Å². The van der Waals surface area contributed by atoms with E-state index in [0.717, 1.165) is 0 Å². The summed E-state index contributed by atoms with van der Waals surface area (Å²) < 4.78 is 4.84. The summed E-state index contributed by atoms with van der Waals surface area (Å²) in [6.07, 6.45) is 0.0611. The molecule has 2 rings (SSSR count). The average molecular weight is 303 g/mol. The van der Waals surface area contributed by atoms with Crippen molar-refractivity contribution in [3.05, 3.63) is 40.4 Å². The van der Waals surface area contributed by atoms with Crippen LogP contribution in [0.4, 0.5) is 0 Å². The summed E-state index contributed by atoms with van der Waals surface area (Å²) in [4.78, 5) is 41.2. The molecule has 0 fully saturated rings. The highest BCUT2D eigenvalue weighted by Crippen LogP contribution is 2.07. The normalized spacial score (nSPS) is 12.0. The van der Waals surface area contributed by atoms with Gasteiger partial charge in [-0.25, -0.2) is 4.98 Å². The average Bonchev–Trinajstić information content (AvgIpc) is 2.47. The van der Waals surface area contributed by atoms with Gasteiger partial charge in [-0.2, -0.15) is 0 Å². The molecule has 0 radical (unpaired) electrons. The number of fused-ring (bicyclic) bond motifs is 1. The Balaban J connectivity index is 1.94. The first-order chi connectivity index (χ1) is 10.5. The number of carbonyl (C=O) groups excluding carboxylic acids is 2. The van der Waals surface area contributed by atoms with Crippen molar-refractivity contribution in [2.24, 2.45) is 5.73 Å². The molecule has 2 aromatic rings. The zero-order valence-corrected chi connectivity index (χ0v) is 12.2. The van der Waals surface area contributed by atoms with Crippen LogP contribution >= 0.6 is 0 Å². The molecule has 0 spiro atoms. The molecule has 0 unspecified atom stereocenters. The molecular weight excluding hydrogens is 286 g/mol. The molecule has 1 amide bonds. The Kier molecular flexibility index (Phi) is 4.88. The molecule has 0 aliphatic carbocycles. The molecule has 116 valence electrons. The standard InChI is InChI=1S/C15H17N3O4/c1-9(14(16)20)22-13(19)8-4-7-12-17-11-6-3-2-5-10(11)15(21)18-12/h2-3,5-6,9H,4,7-8H2,1H3,(H2,16,20)(H,17,18,21)/t9-/m1/s1. The molecular formula is C15H17N3O4. The van der Waals surface area contributed by atoms with Gasteiger partial charge in [-0.05, 0) is 25.5 Å². The van der Waals surface area contributed by atoms with Gasteiger partial charge in [0.05, 0.1) is 10.9 Å². The Morgan fingerprint density at radius 1 is 1.36 bits per heavy atom. The molecule has 0 aliphatic rings. The SMILES string of the molecule is C[C@@H](OC(=O)CCCc1nc2ccccc2c(=O)[nH]1)C(N)=O. The van der Waals surface area contributed by atoms with Gasteiger partial charge in [0, 0.05) is 12.8 Å². The van der Waals surface area contributed by atoms with Crippen LogP contribution in [0, 0.1) is 0 Å². The third-order valence-electron chi connectivity index (χ3n) is 3.17. The Labute approximate surface area is 126 Å². The van der Waals surface area contributed by atoms with Crippen LogP contribution in [0.3, 0.4) is 0 Å². The Bertz CT molecular complexity index is 754. The number of primary amides is 1. The predicted molar refractivity (Wildman–Crippen MR) is 80.1 cm³/mol. The van der Waals surface area contributed by atoms with Crippen molar-refractivity contribution in [2.75, 3.05) is 0 Å². The molecule has 1 aromatic carbocycles. The lowest BCUT2D eigenvalue weighted by Crippen LogP contribution is -2.30. The van der Waals surface area contributed by atoms with Gasteiger partial charge in [0.25, 0.3) is 11.5 Å². The highest BCUT2D eigenvalue weighted by molar-refractivity contribution is 5.81. The molecule has 7 heteroatoms. The number of carbonyl (C=O) groups is 2. The summed E-state index contributed by atoms with van der Waals surface area (Å²) in [6, 6.07) is 7.04. The van der Waals surface area contributed by atoms with Gasteiger partial charge in [0.15, 0.2) is 6.10 Å². The maximum Gasteiger partial charge on any atom is 0.306 e. The number of amides is 1. The number of aromatic nitrogens is 2. The Hall–Kier alpha value is -2.70. The van der Waals surface area contributed by atoms with E-state index in [4.69, 9.17) is 10.5 Å². The van der Waals surface area contributed by atoms with Crippen LogP contribution in [-0.4, -0.2) is 27.9 Å². The summed E-state index contributed by atoms with van der Waals surface area (Å²) in [6.45, 7) is 1.42. The van der Waals surface area contributed by atoms with Crippen molar-refractivity contribution in [2.45, 2.75) is 32.3 Å². The van der Waals surface area contributed by atoms with Gasteiger partial charge in [0.2, 0.25) is 0 Å². The zero-order valence-electron chi connectivity index (χ0n) is 12.2. The summed E-state index contributed by atoms with van der Waals surface area (Å²) >= 11 is 0. The van der Waals surface area contributed by atoms with Crippen LogP contribution in [0.1, 0.15) is 25.6 Å². The van der Waals surface area contributed by atoms with Crippen molar-refractivity contribution in [1.82, 2.24) is 9.97 Å². The highest BCUT2D eigenvalue weighted by Gasteiger charge is 2.14. The molecule has 0 saturated carbocycles. The van der Waals surface area contributed by atoms with E-state index in [1.165, 1.54) is 6.92 Å². The number of para-hydroxylation sites is 1. The van der Waals surface area contributed by atoms with Crippen LogP contribution in [-0.2, 0) is 20.7 Å². The lowest BCUT2D eigenvalue weighted by Gasteiger charge is -2.09. The van der Waals surface area contributed by atoms with Crippen molar-refractivity contribution in [3.63, 3.8) is 0 Å². The van der Waals surface area contributed by atoms with Gasteiger partial charge in [-0.3, -0.25) is 14.4 Å². The molecule has 0 aliphatic heterocycles. The van der Waals surface area contributed by atoms with Gasteiger partial charge in [0.1, 0.15) is 5.82 Å². The lowest BCUT2D eigenvalue weighted by molar-refractivity contribution is -0.153. The largest absolute Gasteiger partial charge is 0.453 e. The fourth-order valence-electron chi connectivity index (χ4n) is 1.97. The highest BCUT2D eigenvalue weighted by atomic mass is 16.5. The monoisotopic (exact) mass is 303 g/mol. The first-order valence-electron chi connectivity index (χ1n) is 6.94. The van der Waals surface area contributed by atoms with Gasteiger partial charge >= 0.3 is 5.97 Å². The van der Waals surface area contributed by atoms with Crippen LogP contribution in [0.2, 0.25) is 0 Å². The first-order valence-corrected chi connectivity index (χ1v) is 6.94. The van der Waals surface area contributed by atoms with E-state index in [9.17, 15) is 14.4 Å². The molecule has 22 heavy (non-hydrogen) atoms. The number of nitrogens with zero attached hydrogens (tertiary/aromatic N) is 1. The molecule has 0 saturated heterocycles. The summed E-state index contributed by atoms with van der Waals surface area (Å²) in [5, 5.41) is 0.529. The Morgan fingerprint density at radius 3 is 2.82 bits per heavy atom. The zero-order chi connectivity index (χ0) is 16.1. The molecule has 1 heterocycles. The second-order valence-electron chi connectivity index (χ2n) is 4.92. The minimum absolute atomic E-state index is 0.119. The third-order valence-corrected chi connectivity index (χ3v) is 3.17. The number of rotatable bonds is 6. The van der Waals surface area contributed by atoms with Crippen molar-refractivity contribution in [3.8, 4) is 0 Å². The fourth-order valence-corrected chi connectivity index (χ4v) is 1.97. The quantitative estimate of drug-likeness (QED) is 0.761. The van der Waals surface area contributed by atoms with E-state index in [1.807, 2.05) is 0 Å². The number of nitrogens with two attached hydrogens (primary N) is 1. The number of hydrogen-bond donors (Lipinski definition) is 2. The molecule has 7 nitrogen and oxygen atoms in total. The second-order valence-corrected chi connectivity index (χ2v) is 4.92. The number of aromatic amines is 1. The second kappa shape index (κ2) is 6.84. The van der Waals surface area contributed by atoms with E-state index in [2.05, 4.69) is 9.97 Å². The molecule has 3 N–H and O–H groups in total. The van der Waals surface area contributed by atoms with E-state index in [1.54, 1.807) is 24.3 Å². The number of H-pyrrole nitrogens is 1.